The lowest BCUT2D eigenvalue weighted by atomic mass is 9.98. The number of rotatable bonds is 6. The molecule has 1 amide bonds. The van der Waals surface area contributed by atoms with Crippen molar-refractivity contribution < 1.29 is 9.53 Å². The summed E-state index contributed by atoms with van der Waals surface area (Å²) < 4.78 is 10.2. The summed E-state index contributed by atoms with van der Waals surface area (Å²) in [5, 5.41) is 22.4. The summed E-state index contributed by atoms with van der Waals surface area (Å²) in [6.07, 6.45) is 8.22. The van der Waals surface area contributed by atoms with Crippen LogP contribution in [0.15, 0.2) is 55.1 Å². The molecule has 1 aromatic carbocycles. The van der Waals surface area contributed by atoms with Gasteiger partial charge < -0.3 is 10.1 Å². The summed E-state index contributed by atoms with van der Waals surface area (Å²) in [6, 6.07) is 11.5. The number of hydrogen-bond acceptors (Lipinski definition) is 9. The van der Waals surface area contributed by atoms with Crippen molar-refractivity contribution in [2.45, 2.75) is 18.8 Å². The minimum Gasteiger partial charge on any atom is -0.481 e. The molecule has 10 nitrogen and oxygen atoms in total. The van der Waals surface area contributed by atoms with Gasteiger partial charge in [0.1, 0.15) is 16.5 Å². The van der Waals surface area contributed by atoms with Crippen LogP contribution in [0, 0.1) is 11.3 Å². The number of carbonyl (C=O) groups excluding carboxylic acids is 1. The quantitative estimate of drug-likeness (QED) is 0.369. The Morgan fingerprint density at radius 1 is 1.17 bits per heavy atom. The third-order valence-electron chi connectivity index (χ3n) is 5.99. The topological polar surface area (TPSA) is 132 Å². The maximum Gasteiger partial charge on any atom is 0.267 e. The number of methoxy groups -OCH3 is 1. The van der Waals surface area contributed by atoms with E-state index >= 15 is 0 Å². The summed E-state index contributed by atoms with van der Waals surface area (Å²) in [5.74, 6) is 0.834. The van der Waals surface area contributed by atoms with Crippen LogP contribution < -0.4 is 10.1 Å². The number of aromatic nitrogens is 6. The minimum absolute atomic E-state index is 0.245. The molecule has 1 N–H and O–H groups in total. The van der Waals surface area contributed by atoms with Crippen molar-refractivity contribution in [2.75, 3.05) is 12.4 Å². The lowest BCUT2D eigenvalue weighted by Crippen LogP contribution is -2.13. The first-order valence-corrected chi connectivity index (χ1v) is 11.9. The molecule has 4 heterocycles. The number of benzene rings is 1. The number of hydrogen-bond donors (Lipinski definition) is 1. The van der Waals surface area contributed by atoms with Crippen LogP contribution in [-0.4, -0.2) is 42.4 Å². The number of ether oxygens (including phenoxy) is 1. The number of fused-ring (bicyclic) bond motifs is 1. The molecule has 1 fully saturated rings. The van der Waals surface area contributed by atoms with Gasteiger partial charge in [-0.05, 0) is 53.9 Å². The van der Waals surface area contributed by atoms with Crippen LogP contribution in [0.4, 0.5) is 5.69 Å². The fraction of sp³-hybridized carbons (Fsp3) is 0.160. The van der Waals surface area contributed by atoms with E-state index in [0.717, 1.165) is 40.4 Å². The second kappa shape index (κ2) is 8.83. The van der Waals surface area contributed by atoms with Gasteiger partial charge in [0.05, 0.1) is 37.1 Å². The summed E-state index contributed by atoms with van der Waals surface area (Å²) >= 11 is 1.18. The van der Waals surface area contributed by atoms with Crippen molar-refractivity contribution in [1.82, 2.24) is 29.3 Å². The van der Waals surface area contributed by atoms with Gasteiger partial charge in [-0.25, -0.2) is 9.97 Å². The third-order valence-corrected chi connectivity index (χ3v) is 6.85. The zero-order chi connectivity index (χ0) is 24.6. The lowest BCUT2D eigenvalue weighted by Gasteiger charge is -2.10. The van der Waals surface area contributed by atoms with Gasteiger partial charge in [-0.1, -0.05) is 12.1 Å². The third kappa shape index (κ3) is 3.73. The molecule has 4 aromatic heterocycles. The summed E-state index contributed by atoms with van der Waals surface area (Å²) in [4.78, 5) is 23.8. The van der Waals surface area contributed by atoms with Gasteiger partial charge >= 0.3 is 0 Å². The van der Waals surface area contributed by atoms with E-state index in [1.54, 1.807) is 19.4 Å². The first-order chi connectivity index (χ1) is 17.7. The molecule has 0 saturated heterocycles. The molecule has 36 heavy (non-hydrogen) atoms. The number of nitrogens with zero attached hydrogens (tertiary/aromatic N) is 7. The molecular weight excluding hydrogens is 476 g/mol. The predicted molar refractivity (Wildman–Crippen MR) is 133 cm³/mol. The van der Waals surface area contributed by atoms with Gasteiger partial charge in [-0.3, -0.25) is 4.79 Å². The van der Waals surface area contributed by atoms with Crippen molar-refractivity contribution in [2.24, 2.45) is 0 Å². The second-order valence-corrected chi connectivity index (χ2v) is 9.02. The Labute approximate surface area is 209 Å². The monoisotopic (exact) mass is 494 g/mol. The fourth-order valence-corrected chi connectivity index (χ4v) is 5.11. The molecular formula is C25H18N8O2S. The van der Waals surface area contributed by atoms with Crippen LogP contribution in [0.2, 0.25) is 0 Å². The normalized spacial score (nSPS) is 12.9. The van der Waals surface area contributed by atoms with E-state index in [-0.39, 0.29) is 17.4 Å². The first kappa shape index (κ1) is 21.8. The molecule has 0 aliphatic heterocycles. The number of nitrogens with one attached hydrogen (secondary N) is 1. The van der Waals surface area contributed by atoms with Gasteiger partial charge in [-0.2, -0.15) is 19.8 Å². The van der Waals surface area contributed by atoms with Gasteiger partial charge in [0.25, 0.3) is 5.91 Å². The van der Waals surface area contributed by atoms with Crippen molar-refractivity contribution in [3.05, 3.63) is 71.1 Å². The van der Waals surface area contributed by atoms with Crippen LogP contribution in [-0.2, 0) is 0 Å². The van der Waals surface area contributed by atoms with Gasteiger partial charge in [0.2, 0.25) is 5.88 Å². The Balaban J connectivity index is 1.37. The molecule has 1 aliphatic rings. The molecule has 1 aliphatic carbocycles. The van der Waals surface area contributed by atoms with Crippen molar-refractivity contribution in [3.8, 4) is 29.0 Å². The second-order valence-electron chi connectivity index (χ2n) is 8.25. The summed E-state index contributed by atoms with van der Waals surface area (Å²) in [7, 11) is 1.60. The zero-order valence-electron chi connectivity index (χ0n) is 19.0. The fourth-order valence-electron chi connectivity index (χ4n) is 4.24. The van der Waals surface area contributed by atoms with Crippen molar-refractivity contribution in [1.29, 1.82) is 5.26 Å². The number of pyridine rings is 2. The Bertz CT molecular complexity index is 1650. The van der Waals surface area contributed by atoms with Crippen LogP contribution in [0.25, 0.3) is 27.8 Å². The van der Waals surface area contributed by atoms with Crippen molar-refractivity contribution in [3.63, 3.8) is 0 Å². The van der Waals surface area contributed by atoms with Gasteiger partial charge in [-0.15, -0.1) is 4.80 Å². The molecule has 0 unspecified atom stereocenters. The van der Waals surface area contributed by atoms with Gasteiger partial charge in [0, 0.05) is 22.7 Å². The number of anilines is 1. The Hall–Kier alpha value is -4.69. The molecule has 0 atom stereocenters. The molecule has 1 saturated carbocycles. The zero-order valence-corrected chi connectivity index (χ0v) is 19.9. The molecule has 11 heteroatoms. The van der Waals surface area contributed by atoms with E-state index in [4.69, 9.17) is 9.11 Å². The van der Waals surface area contributed by atoms with E-state index in [0.29, 0.717) is 22.3 Å². The standard InChI is InChI=1S/C25H18N8O2S/c1-35-25-19-4-2-3-18(17(19)7-8-27-25)21-20(14-5-6-14)22(36-32-21)24(34)31-16-11-15(12-26)23(28-13-16)33-29-9-10-30-33/h2-4,7-11,13-14H,5-6H2,1H3,(H,31,34). The SMILES string of the molecule is COc1nccc2c(-c3nsc(C(=O)Nc4cnc(-n5nccn5)c(C#N)c4)c3C3CC3)cccc12. The van der Waals surface area contributed by atoms with E-state index < -0.39 is 0 Å². The number of amides is 1. The molecule has 6 rings (SSSR count). The largest absolute Gasteiger partial charge is 0.481 e. The highest BCUT2D eigenvalue weighted by Crippen LogP contribution is 2.48. The molecule has 5 aromatic rings. The number of carbonyl (C=O) groups is 1. The molecule has 176 valence electrons. The van der Waals surface area contributed by atoms with Crippen molar-refractivity contribution >= 4 is 33.9 Å². The van der Waals surface area contributed by atoms with E-state index in [1.807, 2.05) is 24.3 Å². The minimum atomic E-state index is -0.282. The van der Waals surface area contributed by atoms with Crippen LogP contribution in [0.5, 0.6) is 5.88 Å². The van der Waals surface area contributed by atoms with Crippen LogP contribution >= 0.6 is 11.5 Å². The number of nitriles is 1. The van der Waals surface area contributed by atoms with E-state index in [9.17, 15) is 10.1 Å². The maximum atomic E-state index is 13.4. The first-order valence-electron chi connectivity index (χ1n) is 11.2. The summed E-state index contributed by atoms with van der Waals surface area (Å²) in [6.45, 7) is 0. The highest BCUT2D eigenvalue weighted by atomic mass is 32.1. The average molecular weight is 495 g/mol. The average Bonchev–Trinajstić information content (AvgIpc) is 3.41. The van der Waals surface area contributed by atoms with Crippen LogP contribution in [0.1, 0.15) is 39.6 Å². The molecule has 0 radical (unpaired) electrons. The Morgan fingerprint density at radius 3 is 2.75 bits per heavy atom. The maximum absolute atomic E-state index is 13.4. The van der Waals surface area contributed by atoms with E-state index in [1.165, 1.54) is 34.9 Å². The highest BCUT2D eigenvalue weighted by molar-refractivity contribution is 7.08. The molecule has 0 spiro atoms. The Morgan fingerprint density at radius 2 is 2.00 bits per heavy atom. The Kier molecular flexibility index (Phi) is 5.35. The predicted octanol–water partition coefficient (Wildman–Crippen LogP) is 4.34. The summed E-state index contributed by atoms with van der Waals surface area (Å²) in [5.41, 5.74) is 3.35. The molecule has 0 bridgehead atoms. The lowest BCUT2D eigenvalue weighted by molar-refractivity contribution is 0.102. The van der Waals surface area contributed by atoms with E-state index in [2.05, 4.69) is 31.6 Å². The highest BCUT2D eigenvalue weighted by Gasteiger charge is 2.34. The van der Waals surface area contributed by atoms with Gasteiger partial charge in [0.15, 0.2) is 5.82 Å². The smallest absolute Gasteiger partial charge is 0.267 e. The van der Waals surface area contributed by atoms with Crippen LogP contribution in [0.3, 0.4) is 0 Å².